The first-order chi connectivity index (χ1) is 19.0. The van der Waals surface area contributed by atoms with Crippen LogP contribution in [-0.4, -0.2) is 76.1 Å². The topological polar surface area (TPSA) is 91.4 Å². The van der Waals surface area contributed by atoms with E-state index in [1.54, 1.807) is 14.0 Å². The molecule has 8 nitrogen and oxygen atoms in total. The molecule has 0 radical (unpaired) electrons. The molecule has 4 atom stereocenters. The number of ether oxygens (including phenoxy) is 3. The van der Waals surface area contributed by atoms with Gasteiger partial charge in [0, 0.05) is 25.8 Å². The van der Waals surface area contributed by atoms with Crippen molar-refractivity contribution in [1.82, 2.24) is 4.90 Å². The van der Waals surface area contributed by atoms with Gasteiger partial charge in [-0.25, -0.2) is 0 Å². The number of allylic oxidation sites excluding steroid dienone is 1. The van der Waals surface area contributed by atoms with Crippen LogP contribution in [0.1, 0.15) is 41.5 Å². The zero-order valence-electron chi connectivity index (χ0n) is 24.5. The van der Waals surface area contributed by atoms with Gasteiger partial charge in [0.05, 0.1) is 13.2 Å². The first-order valence-electron chi connectivity index (χ1n) is 13.5. The third-order valence-electron chi connectivity index (χ3n) is 7.21. The highest BCUT2D eigenvalue weighted by Gasteiger charge is 2.57. The predicted molar refractivity (Wildman–Crippen MR) is 156 cm³/mol. The lowest BCUT2D eigenvalue weighted by Crippen LogP contribution is -2.69. The Morgan fingerprint density at radius 2 is 1.48 bits per heavy atom. The molecule has 0 saturated carbocycles. The standard InChI is InChI=1S/C31H41NO7Si/c1-22(23(2)34)20-32(24(3)35)30-29(37-19-18-36-7)28(27(21-33)38-30)39-40(31(4,5)6,25-14-10-8-11-15-25)26-16-12-9-13-17-26/h8-17,20-21,27-30H,18-19H2,1-7H3/b22-20-/t27-,28-,29-,30-/m1/s1. The molecule has 0 aromatic heterocycles. The van der Waals surface area contributed by atoms with Crippen LogP contribution in [0, 0.1) is 0 Å². The Morgan fingerprint density at radius 3 is 1.90 bits per heavy atom. The molecule has 2 aromatic carbocycles. The van der Waals surface area contributed by atoms with Crippen LogP contribution in [0.4, 0.5) is 0 Å². The van der Waals surface area contributed by atoms with Gasteiger partial charge >= 0.3 is 0 Å². The SMILES string of the molecule is COCCO[C@@H]1[C@H](O[Si](c2ccccc2)(c2ccccc2)C(C)(C)C)[C@@H](C=O)O[C@H]1N(/C=C(/C)C(C)=O)C(C)=O. The summed E-state index contributed by atoms with van der Waals surface area (Å²) < 4.78 is 25.0. The summed E-state index contributed by atoms with van der Waals surface area (Å²) in [6.07, 6.45) is -1.55. The van der Waals surface area contributed by atoms with Crippen molar-refractivity contribution >= 4 is 36.7 Å². The number of hydrogen-bond donors (Lipinski definition) is 0. The fourth-order valence-electron chi connectivity index (χ4n) is 5.12. The van der Waals surface area contributed by atoms with Crippen LogP contribution in [0.15, 0.2) is 72.4 Å². The summed E-state index contributed by atoms with van der Waals surface area (Å²) in [7, 11) is -1.56. The molecule has 1 fully saturated rings. The van der Waals surface area contributed by atoms with Crippen LogP contribution in [0.2, 0.25) is 5.04 Å². The van der Waals surface area contributed by atoms with E-state index in [0.29, 0.717) is 18.5 Å². The number of carbonyl (C=O) groups is 3. The van der Waals surface area contributed by atoms with E-state index in [1.807, 2.05) is 36.4 Å². The Labute approximate surface area is 238 Å². The highest BCUT2D eigenvalue weighted by molar-refractivity contribution is 6.99. The van der Waals surface area contributed by atoms with E-state index in [-0.39, 0.29) is 23.3 Å². The smallest absolute Gasteiger partial charge is 0.261 e. The quantitative estimate of drug-likeness (QED) is 0.168. The second-order valence-electron chi connectivity index (χ2n) is 11.0. The summed E-state index contributed by atoms with van der Waals surface area (Å²) in [6.45, 7) is 11.3. The number of ketones is 1. The minimum absolute atomic E-state index is 0.187. The molecule has 40 heavy (non-hydrogen) atoms. The van der Waals surface area contributed by atoms with E-state index < -0.39 is 32.9 Å². The molecule has 1 heterocycles. The van der Waals surface area contributed by atoms with Crippen LogP contribution in [0.5, 0.6) is 0 Å². The van der Waals surface area contributed by atoms with Crippen molar-refractivity contribution in [3.05, 3.63) is 72.4 Å². The fraction of sp³-hybridized carbons (Fsp3) is 0.452. The number of methoxy groups -OCH3 is 1. The van der Waals surface area contributed by atoms with Crippen LogP contribution in [-0.2, 0) is 33.0 Å². The Bertz CT molecular complexity index is 1140. The lowest BCUT2D eigenvalue weighted by molar-refractivity contribution is -0.148. The maximum Gasteiger partial charge on any atom is 0.261 e. The number of carbonyl (C=O) groups excluding carboxylic acids is 3. The highest BCUT2D eigenvalue weighted by Crippen LogP contribution is 2.40. The van der Waals surface area contributed by atoms with Crippen LogP contribution >= 0.6 is 0 Å². The van der Waals surface area contributed by atoms with Crippen LogP contribution < -0.4 is 10.4 Å². The molecule has 216 valence electrons. The molecule has 0 N–H and O–H groups in total. The third kappa shape index (κ3) is 6.67. The van der Waals surface area contributed by atoms with Gasteiger partial charge in [-0.15, -0.1) is 0 Å². The van der Waals surface area contributed by atoms with Gasteiger partial charge in [-0.1, -0.05) is 81.4 Å². The van der Waals surface area contributed by atoms with Crippen molar-refractivity contribution in [2.45, 2.75) is 71.1 Å². The van der Waals surface area contributed by atoms with E-state index in [1.165, 1.54) is 24.9 Å². The van der Waals surface area contributed by atoms with Crippen molar-refractivity contribution in [3.63, 3.8) is 0 Å². The number of amides is 1. The molecule has 0 bridgehead atoms. The van der Waals surface area contributed by atoms with E-state index in [9.17, 15) is 14.4 Å². The Balaban J connectivity index is 2.21. The number of aldehydes is 1. The maximum absolute atomic E-state index is 12.8. The number of benzene rings is 2. The summed E-state index contributed by atoms with van der Waals surface area (Å²) in [5.41, 5.74) is 0.369. The monoisotopic (exact) mass is 567 g/mol. The summed E-state index contributed by atoms with van der Waals surface area (Å²) >= 11 is 0. The number of nitrogens with zero attached hydrogens (tertiary/aromatic N) is 1. The molecule has 9 heteroatoms. The summed E-state index contributed by atoms with van der Waals surface area (Å²) in [5, 5.41) is 1.70. The molecule has 1 aliphatic heterocycles. The van der Waals surface area contributed by atoms with Gasteiger partial charge in [0.2, 0.25) is 5.91 Å². The average Bonchev–Trinajstić information content (AvgIpc) is 3.26. The number of Topliss-reactive ketones (excluding diaryl/α,β-unsaturated/α-hetero) is 1. The van der Waals surface area contributed by atoms with E-state index in [2.05, 4.69) is 45.0 Å². The molecule has 3 rings (SSSR count). The minimum atomic E-state index is -3.13. The van der Waals surface area contributed by atoms with E-state index in [4.69, 9.17) is 18.6 Å². The fourth-order valence-corrected chi connectivity index (χ4v) is 9.81. The Hall–Kier alpha value is -2.95. The third-order valence-corrected chi connectivity index (χ3v) is 12.2. The minimum Gasteiger partial charge on any atom is -0.398 e. The molecule has 1 amide bonds. The van der Waals surface area contributed by atoms with Crippen LogP contribution in [0.3, 0.4) is 0 Å². The van der Waals surface area contributed by atoms with Gasteiger partial charge in [-0.2, -0.15) is 0 Å². The summed E-state index contributed by atoms with van der Waals surface area (Å²) in [6, 6.07) is 20.1. The van der Waals surface area contributed by atoms with Gasteiger partial charge in [0.15, 0.2) is 18.3 Å². The van der Waals surface area contributed by atoms with Gasteiger partial charge in [-0.05, 0) is 29.3 Å². The predicted octanol–water partition coefficient (Wildman–Crippen LogP) is 3.23. The largest absolute Gasteiger partial charge is 0.398 e. The maximum atomic E-state index is 12.8. The first-order valence-corrected chi connectivity index (χ1v) is 15.4. The normalized spacial score (nSPS) is 21.7. The van der Waals surface area contributed by atoms with Crippen molar-refractivity contribution < 1.29 is 33.0 Å². The van der Waals surface area contributed by atoms with E-state index in [0.717, 1.165) is 10.4 Å². The zero-order valence-corrected chi connectivity index (χ0v) is 25.5. The lowest BCUT2D eigenvalue weighted by atomic mass is 10.1. The van der Waals surface area contributed by atoms with Crippen molar-refractivity contribution in [1.29, 1.82) is 0 Å². The van der Waals surface area contributed by atoms with E-state index >= 15 is 0 Å². The molecule has 1 aliphatic rings. The molecule has 1 saturated heterocycles. The van der Waals surface area contributed by atoms with Gasteiger partial charge in [0.25, 0.3) is 8.32 Å². The van der Waals surface area contributed by atoms with Gasteiger partial charge in [-0.3, -0.25) is 14.5 Å². The second kappa shape index (κ2) is 13.6. The molecule has 0 aliphatic carbocycles. The number of hydrogen-bond acceptors (Lipinski definition) is 7. The molecular weight excluding hydrogens is 526 g/mol. The average molecular weight is 568 g/mol. The Morgan fingerprint density at radius 1 is 0.925 bits per heavy atom. The molecule has 0 unspecified atom stereocenters. The Kier molecular flexibility index (Phi) is 10.7. The molecule has 0 spiro atoms. The zero-order chi connectivity index (χ0) is 29.5. The second-order valence-corrected chi connectivity index (χ2v) is 15.2. The van der Waals surface area contributed by atoms with Crippen molar-refractivity contribution in [2.24, 2.45) is 0 Å². The summed E-state index contributed by atoms with van der Waals surface area (Å²) in [5.74, 6) is -0.546. The van der Waals surface area contributed by atoms with Gasteiger partial charge in [0.1, 0.15) is 18.3 Å². The lowest BCUT2D eigenvalue weighted by Gasteiger charge is -2.45. The van der Waals surface area contributed by atoms with Crippen LogP contribution in [0.25, 0.3) is 0 Å². The van der Waals surface area contributed by atoms with Crippen molar-refractivity contribution in [3.8, 4) is 0 Å². The summed E-state index contributed by atoms with van der Waals surface area (Å²) in [4.78, 5) is 38.7. The first kappa shape index (κ1) is 31.6. The van der Waals surface area contributed by atoms with Gasteiger partial charge < -0.3 is 23.4 Å². The number of rotatable bonds is 12. The van der Waals surface area contributed by atoms with Crippen molar-refractivity contribution in [2.75, 3.05) is 20.3 Å². The molecular formula is C31H41NO7Si. The molecule has 2 aromatic rings. The highest BCUT2D eigenvalue weighted by atomic mass is 28.4.